The van der Waals surface area contributed by atoms with Crippen LogP contribution in [0.5, 0.6) is 0 Å². The molecule has 1 aromatic heterocycles. The van der Waals surface area contributed by atoms with Gasteiger partial charge >= 0.3 is 5.69 Å². The Morgan fingerprint density at radius 2 is 1.73 bits per heavy atom. The lowest BCUT2D eigenvalue weighted by Crippen LogP contribution is -2.34. The van der Waals surface area contributed by atoms with Gasteiger partial charge in [-0.25, -0.2) is 4.79 Å². The number of nitrogens with one attached hydrogen (secondary N) is 1. The predicted octanol–water partition coefficient (Wildman–Crippen LogP) is 2.95. The minimum Gasteiger partial charge on any atom is -0.356 e. The summed E-state index contributed by atoms with van der Waals surface area (Å²) in [5.74, 6) is 0.728. The maximum Gasteiger partial charge on any atom is 0.331 e. The molecule has 1 N–H and O–H groups in total. The Morgan fingerprint density at radius 3 is 2.46 bits per heavy atom. The highest BCUT2D eigenvalue weighted by atomic mass is 32.2. The van der Waals surface area contributed by atoms with Crippen LogP contribution < -0.4 is 11.2 Å². The molecule has 1 atom stereocenters. The Morgan fingerprint density at radius 1 is 1.04 bits per heavy atom. The lowest BCUT2D eigenvalue weighted by molar-refractivity contribution is 0.0551. The van der Waals surface area contributed by atoms with Crippen LogP contribution in [0.2, 0.25) is 0 Å². The first-order chi connectivity index (χ1) is 12.7. The zero-order valence-corrected chi connectivity index (χ0v) is 14.9. The standard InChI is InChI=1S/C20H18N2O3S/c23-18-17-16(15-9-5-2-6-10-15)12-26-19(17)22(20(24)21-18)13-25-11-14-7-3-1-4-8-14/h1-10,16H,11-13H2,(H,21,23,24). The Hall–Kier alpha value is -2.57. The van der Waals surface area contributed by atoms with E-state index >= 15 is 0 Å². The predicted molar refractivity (Wildman–Crippen MR) is 102 cm³/mol. The third-order valence-corrected chi connectivity index (χ3v) is 5.67. The molecule has 0 radical (unpaired) electrons. The second-order valence-corrected chi connectivity index (χ2v) is 7.15. The average Bonchev–Trinajstić information content (AvgIpc) is 3.11. The van der Waals surface area contributed by atoms with Crippen LogP contribution in [-0.4, -0.2) is 15.3 Å². The quantitative estimate of drug-likeness (QED) is 0.705. The van der Waals surface area contributed by atoms with E-state index in [0.717, 1.165) is 16.9 Å². The van der Waals surface area contributed by atoms with E-state index in [-0.39, 0.29) is 18.2 Å². The Labute approximate surface area is 154 Å². The highest BCUT2D eigenvalue weighted by Gasteiger charge is 2.31. The van der Waals surface area contributed by atoms with E-state index in [1.807, 2.05) is 60.7 Å². The molecule has 132 valence electrons. The van der Waals surface area contributed by atoms with Crippen molar-refractivity contribution in [2.24, 2.45) is 0 Å². The largest absolute Gasteiger partial charge is 0.356 e. The summed E-state index contributed by atoms with van der Waals surface area (Å²) >= 11 is 1.53. The second-order valence-electron chi connectivity index (χ2n) is 6.14. The highest BCUT2D eigenvalue weighted by Crippen LogP contribution is 2.40. The van der Waals surface area contributed by atoms with Gasteiger partial charge in [0.25, 0.3) is 5.56 Å². The number of thioether (sulfide) groups is 1. The molecule has 6 heteroatoms. The molecule has 3 aromatic rings. The number of benzene rings is 2. The van der Waals surface area contributed by atoms with Crippen molar-refractivity contribution in [3.8, 4) is 0 Å². The summed E-state index contributed by atoms with van der Waals surface area (Å²) in [4.78, 5) is 27.2. The molecule has 0 bridgehead atoms. The summed E-state index contributed by atoms with van der Waals surface area (Å²) in [5.41, 5.74) is 2.05. The monoisotopic (exact) mass is 366 g/mol. The smallest absolute Gasteiger partial charge is 0.331 e. The van der Waals surface area contributed by atoms with Gasteiger partial charge in [0.15, 0.2) is 0 Å². The Kier molecular flexibility index (Phi) is 4.77. The number of fused-ring (bicyclic) bond motifs is 1. The van der Waals surface area contributed by atoms with Gasteiger partial charge in [-0.2, -0.15) is 0 Å². The number of aromatic nitrogens is 2. The molecule has 1 aliphatic rings. The molecular weight excluding hydrogens is 348 g/mol. The van der Waals surface area contributed by atoms with Crippen molar-refractivity contribution in [2.75, 3.05) is 5.75 Å². The highest BCUT2D eigenvalue weighted by molar-refractivity contribution is 7.99. The first kappa shape index (κ1) is 16.9. The fourth-order valence-corrected chi connectivity index (χ4v) is 4.54. The van der Waals surface area contributed by atoms with Crippen molar-refractivity contribution in [2.45, 2.75) is 24.3 Å². The van der Waals surface area contributed by atoms with E-state index < -0.39 is 5.69 Å². The third kappa shape index (κ3) is 3.25. The van der Waals surface area contributed by atoms with Crippen molar-refractivity contribution in [3.63, 3.8) is 0 Å². The summed E-state index contributed by atoms with van der Waals surface area (Å²) in [7, 11) is 0. The van der Waals surface area contributed by atoms with Gasteiger partial charge in [0.2, 0.25) is 0 Å². The minimum atomic E-state index is -0.428. The van der Waals surface area contributed by atoms with Crippen LogP contribution in [0.1, 0.15) is 22.6 Å². The SMILES string of the molecule is O=c1[nH]c(=O)n(COCc2ccccc2)c2c1C(c1ccccc1)CS2. The molecule has 0 amide bonds. The average molecular weight is 366 g/mol. The van der Waals surface area contributed by atoms with Crippen molar-refractivity contribution < 1.29 is 4.74 Å². The zero-order valence-electron chi connectivity index (χ0n) is 14.1. The van der Waals surface area contributed by atoms with Gasteiger partial charge in [-0.1, -0.05) is 60.7 Å². The van der Waals surface area contributed by atoms with Gasteiger partial charge < -0.3 is 4.74 Å². The molecule has 0 spiro atoms. The maximum atomic E-state index is 12.4. The topological polar surface area (TPSA) is 64.1 Å². The first-order valence-corrected chi connectivity index (χ1v) is 9.39. The molecule has 0 fully saturated rings. The number of nitrogens with zero attached hydrogens (tertiary/aromatic N) is 1. The number of hydrogen-bond acceptors (Lipinski definition) is 4. The van der Waals surface area contributed by atoms with Crippen LogP contribution in [-0.2, 0) is 18.1 Å². The lowest BCUT2D eigenvalue weighted by Gasteiger charge is -2.13. The fraction of sp³-hybridized carbons (Fsp3) is 0.200. The van der Waals surface area contributed by atoms with Crippen molar-refractivity contribution in [3.05, 3.63) is 98.2 Å². The second kappa shape index (κ2) is 7.35. The Bertz CT molecular complexity index is 1010. The number of rotatable bonds is 5. The van der Waals surface area contributed by atoms with E-state index in [0.29, 0.717) is 17.2 Å². The normalized spacial score (nSPS) is 15.8. The van der Waals surface area contributed by atoms with Gasteiger partial charge in [0, 0.05) is 11.7 Å². The lowest BCUT2D eigenvalue weighted by atomic mass is 9.95. The van der Waals surface area contributed by atoms with Gasteiger partial charge in [-0.05, 0) is 11.1 Å². The van der Waals surface area contributed by atoms with Gasteiger partial charge in [0.05, 0.1) is 17.2 Å². The first-order valence-electron chi connectivity index (χ1n) is 8.40. The summed E-state index contributed by atoms with van der Waals surface area (Å²) in [6.45, 7) is 0.523. The molecule has 0 aliphatic carbocycles. The molecule has 4 rings (SSSR count). The van der Waals surface area contributed by atoms with Crippen molar-refractivity contribution >= 4 is 11.8 Å². The number of hydrogen-bond donors (Lipinski definition) is 1. The number of ether oxygens (including phenoxy) is 1. The third-order valence-electron chi connectivity index (χ3n) is 4.45. The molecule has 2 aromatic carbocycles. The molecule has 0 saturated carbocycles. The Balaban J connectivity index is 1.62. The van der Waals surface area contributed by atoms with Crippen LogP contribution >= 0.6 is 11.8 Å². The molecule has 1 unspecified atom stereocenters. The van der Waals surface area contributed by atoms with Crippen molar-refractivity contribution in [1.82, 2.24) is 9.55 Å². The van der Waals surface area contributed by atoms with Crippen LogP contribution in [0.25, 0.3) is 0 Å². The van der Waals surface area contributed by atoms with Crippen LogP contribution in [0.15, 0.2) is 75.3 Å². The molecule has 26 heavy (non-hydrogen) atoms. The van der Waals surface area contributed by atoms with Gasteiger partial charge in [0.1, 0.15) is 6.73 Å². The van der Waals surface area contributed by atoms with E-state index in [1.54, 1.807) is 0 Å². The van der Waals surface area contributed by atoms with Gasteiger partial charge in [-0.3, -0.25) is 14.3 Å². The summed E-state index contributed by atoms with van der Waals surface area (Å²) in [6, 6.07) is 19.7. The molecule has 0 saturated heterocycles. The van der Waals surface area contributed by atoms with Crippen LogP contribution in [0.4, 0.5) is 0 Å². The van der Waals surface area contributed by atoms with Crippen LogP contribution in [0.3, 0.4) is 0 Å². The van der Waals surface area contributed by atoms with E-state index in [4.69, 9.17) is 4.74 Å². The molecule has 5 nitrogen and oxygen atoms in total. The summed E-state index contributed by atoms with van der Waals surface area (Å²) in [6.07, 6.45) is 0. The van der Waals surface area contributed by atoms with Crippen molar-refractivity contribution in [1.29, 1.82) is 0 Å². The summed E-state index contributed by atoms with van der Waals surface area (Å²) < 4.78 is 7.24. The fourth-order valence-electron chi connectivity index (χ4n) is 3.17. The number of H-pyrrole nitrogens is 1. The number of aromatic amines is 1. The van der Waals surface area contributed by atoms with E-state index in [1.165, 1.54) is 16.3 Å². The van der Waals surface area contributed by atoms with E-state index in [9.17, 15) is 9.59 Å². The molecular formula is C20H18N2O3S. The summed E-state index contributed by atoms with van der Waals surface area (Å²) in [5, 5.41) is 0.709. The minimum absolute atomic E-state index is 0.0130. The molecule has 1 aliphatic heterocycles. The van der Waals surface area contributed by atoms with Gasteiger partial charge in [-0.15, -0.1) is 11.8 Å². The zero-order chi connectivity index (χ0) is 17.9. The van der Waals surface area contributed by atoms with E-state index in [2.05, 4.69) is 4.98 Å². The molecule has 2 heterocycles. The maximum absolute atomic E-state index is 12.4. The van der Waals surface area contributed by atoms with Crippen LogP contribution in [0, 0.1) is 0 Å².